The van der Waals surface area contributed by atoms with Gasteiger partial charge in [0.15, 0.2) is 5.82 Å². The van der Waals surface area contributed by atoms with Crippen LogP contribution in [0.4, 0.5) is 0 Å². The number of hydrogen-bond acceptors (Lipinski definition) is 3. The summed E-state index contributed by atoms with van der Waals surface area (Å²) in [7, 11) is 0. The zero-order valence-corrected chi connectivity index (χ0v) is 34.8. The van der Waals surface area contributed by atoms with Crippen molar-refractivity contribution < 1.29 is 0 Å². The molecule has 0 aliphatic heterocycles. The van der Waals surface area contributed by atoms with Crippen LogP contribution in [0.2, 0.25) is 0 Å². The molecule has 63 heavy (non-hydrogen) atoms. The summed E-state index contributed by atoms with van der Waals surface area (Å²) in [5.74, 6) is 1.48. The van der Waals surface area contributed by atoms with E-state index in [1.54, 1.807) is 0 Å². The summed E-state index contributed by atoms with van der Waals surface area (Å²) < 4.78 is 7.43. The van der Waals surface area contributed by atoms with E-state index in [1.165, 1.54) is 64.0 Å². The number of benzene rings is 9. The van der Waals surface area contributed by atoms with Crippen LogP contribution >= 0.6 is 11.3 Å². The molecule has 0 unspecified atom stereocenters. The largest absolute Gasteiger partial charge is 0.307 e. The Morgan fingerprint density at radius 2 is 0.921 bits per heavy atom. The molecule has 0 N–H and O–H groups in total. The Bertz CT molecular complexity index is 3900. The Morgan fingerprint density at radius 1 is 0.349 bits per heavy atom. The van der Waals surface area contributed by atoms with Crippen LogP contribution in [0, 0.1) is 0 Å². The van der Waals surface area contributed by atoms with Gasteiger partial charge in [0.25, 0.3) is 0 Å². The second-order valence-corrected chi connectivity index (χ2v) is 17.2. The van der Waals surface area contributed by atoms with E-state index in [4.69, 9.17) is 9.97 Å². The Kier molecular flexibility index (Phi) is 8.05. The fourth-order valence-electron chi connectivity index (χ4n) is 9.67. The van der Waals surface area contributed by atoms with Gasteiger partial charge < -0.3 is 4.57 Å². The standard InChI is InChI=1S/C58H36N4S/c1-3-15-37(16-4-1)41-19-13-20-42(35-41)61-51-26-10-7-21-44(51)47-33-34-48-45-22-8-11-27-52(45)62(56(48)55(47)61)54-36-50(39-17-5-2-6-18-39)59-58(60-54)40-31-29-38(30-32-40)43-24-14-25-49-46-23-9-12-28-53(46)63-57(43)49/h1-36H. The SMILES string of the molecule is c1ccc(-c2cccc(-n3c4ccccc4c4ccc5c6ccccc6n(-c6cc(-c7ccccc7)nc(-c7ccc(-c8cccc9c8sc8ccccc89)cc7)n6)c5c43)c2)cc1. The number of thiophene rings is 1. The number of para-hydroxylation sites is 2. The average molecular weight is 821 g/mol. The van der Waals surface area contributed by atoms with Gasteiger partial charge in [-0.05, 0) is 52.6 Å². The van der Waals surface area contributed by atoms with Crippen molar-refractivity contribution in [1.29, 1.82) is 0 Å². The van der Waals surface area contributed by atoms with Crippen molar-refractivity contribution in [2.75, 3.05) is 0 Å². The molecule has 0 saturated carbocycles. The summed E-state index contributed by atoms with van der Waals surface area (Å²) in [5, 5.41) is 7.33. The Balaban J connectivity index is 1.06. The fourth-order valence-corrected chi connectivity index (χ4v) is 10.9. The second kappa shape index (κ2) is 14.2. The van der Waals surface area contributed by atoms with Crippen LogP contribution in [0.25, 0.3) is 120 Å². The van der Waals surface area contributed by atoms with Crippen LogP contribution in [-0.4, -0.2) is 19.1 Å². The molecular weight excluding hydrogens is 785 g/mol. The predicted octanol–water partition coefficient (Wildman–Crippen LogP) is 15.7. The van der Waals surface area contributed by atoms with Crippen LogP contribution in [0.5, 0.6) is 0 Å². The average Bonchev–Trinajstić information content (AvgIpc) is 4.03. The number of nitrogens with zero attached hydrogens (tertiary/aromatic N) is 4. The molecule has 0 fully saturated rings. The molecule has 5 heteroatoms. The Labute approximate surface area is 367 Å². The molecule has 0 amide bonds. The van der Waals surface area contributed by atoms with Crippen molar-refractivity contribution in [3.05, 3.63) is 218 Å². The van der Waals surface area contributed by atoms with Crippen LogP contribution in [0.3, 0.4) is 0 Å². The topological polar surface area (TPSA) is 35.6 Å². The molecule has 13 aromatic rings. The smallest absolute Gasteiger partial charge is 0.162 e. The number of rotatable bonds is 6. The van der Waals surface area contributed by atoms with Gasteiger partial charge in [0.2, 0.25) is 0 Å². The Hall–Kier alpha value is -8.12. The lowest BCUT2D eigenvalue weighted by Crippen LogP contribution is -2.04. The zero-order valence-electron chi connectivity index (χ0n) is 34.0. The first kappa shape index (κ1) is 35.6. The summed E-state index contributed by atoms with van der Waals surface area (Å²) in [4.78, 5) is 10.8. The minimum atomic E-state index is 0.673. The van der Waals surface area contributed by atoms with Gasteiger partial charge in [-0.3, -0.25) is 4.57 Å². The third-order valence-corrected chi connectivity index (χ3v) is 13.8. The molecule has 0 aliphatic rings. The molecule has 0 aliphatic carbocycles. The van der Waals surface area contributed by atoms with Gasteiger partial charge in [0.1, 0.15) is 5.82 Å². The van der Waals surface area contributed by atoms with Gasteiger partial charge in [-0.1, -0.05) is 182 Å². The molecule has 13 rings (SSSR count). The van der Waals surface area contributed by atoms with Gasteiger partial charge in [-0.25, -0.2) is 9.97 Å². The first-order valence-electron chi connectivity index (χ1n) is 21.3. The molecule has 0 bridgehead atoms. The summed E-state index contributed by atoms with van der Waals surface area (Å²) >= 11 is 1.86. The number of fused-ring (bicyclic) bond motifs is 10. The maximum atomic E-state index is 5.51. The van der Waals surface area contributed by atoms with Crippen LogP contribution in [-0.2, 0) is 0 Å². The van der Waals surface area contributed by atoms with E-state index in [0.29, 0.717) is 5.82 Å². The van der Waals surface area contributed by atoms with E-state index in [0.717, 1.165) is 50.4 Å². The van der Waals surface area contributed by atoms with E-state index in [2.05, 4.69) is 228 Å². The lowest BCUT2D eigenvalue weighted by Gasteiger charge is -2.15. The fraction of sp³-hybridized carbons (Fsp3) is 0. The molecule has 0 atom stereocenters. The predicted molar refractivity (Wildman–Crippen MR) is 265 cm³/mol. The zero-order chi connectivity index (χ0) is 41.4. The van der Waals surface area contributed by atoms with Crippen molar-refractivity contribution >= 4 is 75.1 Å². The van der Waals surface area contributed by atoms with E-state index in [1.807, 2.05) is 11.3 Å². The molecule has 294 valence electrons. The normalized spacial score (nSPS) is 11.8. The third kappa shape index (κ3) is 5.67. The third-order valence-electron chi connectivity index (χ3n) is 12.5. The van der Waals surface area contributed by atoms with E-state index < -0.39 is 0 Å². The molecule has 0 spiro atoms. The minimum Gasteiger partial charge on any atom is -0.307 e. The highest BCUT2D eigenvalue weighted by Gasteiger charge is 2.23. The first-order chi connectivity index (χ1) is 31.2. The number of aromatic nitrogens is 4. The minimum absolute atomic E-state index is 0.673. The van der Waals surface area contributed by atoms with Crippen molar-refractivity contribution in [1.82, 2.24) is 19.1 Å². The quantitative estimate of drug-likeness (QED) is 0.167. The summed E-state index contributed by atoms with van der Waals surface area (Å²) in [6.07, 6.45) is 0. The highest BCUT2D eigenvalue weighted by Crippen LogP contribution is 2.43. The van der Waals surface area contributed by atoms with Gasteiger partial charge in [0, 0.05) is 64.6 Å². The maximum absolute atomic E-state index is 5.51. The van der Waals surface area contributed by atoms with Crippen LogP contribution < -0.4 is 0 Å². The van der Waals surface area contributed by atoms with Gasteiger partial charge in [-0.15, -0.1) is 11.3 Å². The molecule has 0 radical (unpaired) electrons. The van der Waals surface area contributed by atoms with E-state index in [9.17, 15) is 0 Å². The van der Waals surface area contributed by atoms with E-state index >= 15 is 0 Å². The Morgan fingerprint density at radius 3 is 1.67 bits per heavy atom. The lowest BCUT2D eigenvalue weighted by molar-refractivity contribution is 1.05. The van der Waals surface area contributed by atoms with Crippen molar-refractivity contribution in [2.45, 2.75) is 0 Å². The lowest BCUT2D eigenvalue weighted by atomic mass is 10.0. The highest BCUT2D eigenvalue weighted by atomic mass is 32.1. The molecule has 9 aromatic carbocycles. The molecule has 4 heterocycles. The monoisotopic (exact) mass is 820 g/mol. The van der Waals surface area contributed by atoms with Gasteiger partial charge in [-0.2, -0.15) is 0 Å². The van der Waals surface area contributed by atoms with Gasteiger partial charge in [0.05, 0.1) is 27.8 Å². The second-order valence-electron chi connectivity index (χ2n) is 16.1. The van der Waals surface area contributed by atoms with Crippen molar-refractivity contribution in [3.8, 4) is 56.4 Å². The molecule has 4 aromatic heterocycles. The highest BCUT2D eigenvalue weighted by molar-refractivity contribution is 7.26. The van der Waals surface area contributed by atoms with Gasteiger partial charge >= 0.3 is 0 Å². The summed E-state index contributed by atoms with van der Waals surface area (Å²) in [5.41, 5.74) is 13.2. The van der Waals surface area contributed by atoms with Crippen molar-refractivity contribution in [2.24, 2.45) is 0 Å². The van der Waals surface area contributed by atoms with Crippen LogP contribution in [0.1, 0.15) is 0 Å². The molecule has 0 saturated heterocycles. The maximum Gasteiger partial charge on any atom is 0.162 e. The van der Waals surface area contributed by atoms with E-state index in [-0.39, 0.29) is 0 Å². The van der Waals surface area contributed by atoms with Crippen LogP contribution in [0.15, 0.2) is 218 Å². The molecule has 4 nitrogen and oxygen atoms in total. The summed E-state index contributed by atoms with van der Waals surface area (Å²) in [6, 6.07) is 78.4. The first-order valence-corrected chi connectivity index (χ1v) is 22.1. The van der Waals surface area contributed by atoms with Crippen molar-refractivity contribution in [3.63, 3.8) is 0 Å². The molecular formula is C58H36N4S. The summed E-state index contributed by atoms with van der Waals surface area (Å²) in [6.45, 7) is 0. The number of hydrogen-bond donors (Lipinski definition) is 0.